The van der Waals surface area contributed by atoms with Gasteiger partial charge in [-0.3, -0.25) is 0 Å². The number of nitrogens with zero attached hydrogens (tertiary/aromatic N) is 4. The molecular weight excluding hydrogens is 312 g/mol. The topological polar surface area (TPSA) is 85.5 Å². The summed E-state index contributed by atoms with van der Waals surface area (Å²) in [6.07, 6.45) is 7.74. The van der Waals surface area contributed by atoms with Crippen LogP contribution in [0.3, 0.4) is 0 Å². The van der Waals surface area contributed by atoms with Crippen LogP contribution < -0.4 is 16.4 Å². The summed E-state index contributed by atoms with van der Waals surface area (Å²) in [4.78, 5) is 6.73. The minimum atomic E-state index is 0.302. The molecule has 6 nitrogen and oxygen atoms in total. The first-order valence-corrected chi connectivity index (χ1v) is 8.82. The third-order valence-corrected chi connectivity index (χ3v) is 5.24. The Morgan fingerprint density at radius 2 is 1.84 bits per heavy atom. The highest BCUT2D eigenvalue weighted by molar-refractivity contribution is 5.82. The van der Waals surface area contributed by atoms with Crippen molar-refractivity contribution in [2.75, 3.05) is 17.7 Å². The van der Waals surface area contributed by atoms with Crippen molar-refractivity contribution >= 4 is 22.8 Å². The van der Waals surface area contributed by atoms with Gasteiger partial charge in [0.05, 0.1) is 5.69 Å². The Morgan fingerprint density at radius 3 is 2.56 bits per heavy atom. The van der Waals surface area contributed by atoms with Crippen molar-refractivity contribution in [3.8, 4) is 0 Å². The number of aromatic nitrogens is 3. The Bertz CT molecular complexity index is 864. The van der Waals surface area contributed by atoms with Crippen LogP contribution in [0.2, 0.25) is 0 Å². The van der Waals surface area contributed by atoms with Crippen molar-refractivity contribution in [2.24, 2.45) is 5.73 Å². The number of imidazole rings is 1. The predicted molar refractivity (Wildman–Crippen MR) is 101 cm³/mol. The standard InChI is InChI=1S/C19H24N6/c1-24(15-5-3-2-4-6-15)17-16(13-7-9-14(20)10-8-13)18(21)23-25-12-11-22-19(17)25/h2-6,11-14H,7-10,20H2,1H3,(H2,21,23)/t13-,14-. The van der Waals surface area contributed by atoms with Crippen LogP contribution >= 0.6 is 0 Å². The number of benzene rings is 1. The second kappa shape index (κ2) is 6.37. The lowest BCUT2D eigenvalue weighted by molar-refractivity contribution is 0.396. The molecule has 25 heavy (non-hydrogen) atoms. The van der Waals surface area contributed by atoms with Gasteiger partial charge in [-0.1, -0.05) is 18.2 Å². The Kier molecular flexibility index (Phi) is 4.05. The van der Waals surface area contributed by atoms with Gasteiger partial charge in [-0.15, -0.1) is 5.10 Å². The first kappa shape index (κ1) is 15.9. The molecule has 0 unspecified atom stereocenters. The summed E-state index contributed by atoms with van der Waals surface area (Å²) in [6, 6.07) is 10.6. The average Bonchev–Trinajstić information content (AvgIpc) is 3.09. The van der Waals surface area contributed by atoms with Crippen LogP contribution in [0.5, 0.6) is 0 Å². The molecule has 6 heteroatoms. The molecule has 0 spiro atoms. The number of rotatable bonds is 3. The van der Waals surface area contributed by atoms with E-state index >= 15 is 0 Å². The molecule has 4 rings (SSSR count). The van der Waals surface area contributed by atoms with Gasteiger partial charge in [-0.25, -0.2) is 9.50 Å². The van der Waals surface area contributed by atoms with Gasteiger partial charge in [-0.2, -0.15) is 0 Å². The van der Waals surface area contributed by atoms with Crippen LogP contribution in [0, 0.1) is 0 Å². The van der Waals surface area contributed by atoms with E-state index in [9.17, 15) is 0 Å². The third-order valence-electron chi connectivity index (χ3n) is 5.24. The van der Waals surface area contributed by atoms with E-state index in [1.165, 1.54) is 0 Å². The summed E-state index contributed by atoms with van der Waals surface area (Å²) in [5.41, 5.74) is 16.6. The molecule has 3 aromatic rings. The number of nitrogen functional groups attached to an aromatic ring is 1. The zero-order valence-corrected chi connectivity index (χ0v) is 14.5. The molecule has 1 aliphatic rings. The molecule has 1 aliphatic carbocycles. The fourth-order valence-corrected chi connectivity index (χ4v) is 3.88. The average molecular weight is 336 g/mol. The summed E-state index contributed by atoms with van der Waals surface area (Å²) >= 11 is 0. The van der Waals surface area contributed by atoms with E-state index in [1.807, 2.05) is 24.4 Å². The van der Waals surface area contributed by atoms with Crippen molar-refractivity contribution in [3.05, 3.63) is 48.3 Å². The van der Waals surface area contributed by atoms with Crippen LogP contribution in [-0.4, -0.2) is 27.7 Å². The fraction of sp³-hybridized carbons (Fsp3) is 0.368. The molecule has 1 aromatic carbocycles. The number of anilines is 3. The molecule has 2 heterocycles. The van der Waals surface area contributed by atoms with E-state index in [0.717, 1.165) is 48.3 Å². The lowest BCUT2D eigenvalue weighted by Gasteiger charge is -2.31. The molecule has 2 aromatic heterocycles. The molecule has 0 radical (unpaired) electrons. The van der Waals surface area contributed by atoms with Crippen molar-refractivity contribution in [2.45, 2.75) is 37.6 Å². The maximum absolute atomic E-state index is 6.41. The van der Waals surface area contributed by atoms with Gasteiger partial charge in [0.1, 0.15) is 5.82 Å². The van der Waals surface area contributed by atoms with Gasteiger partial charge in [0.2, 0.25) is 0 Å². The zero-order chi connectivity index (χ0) is 17.4. The van der Waals surface area contributed by atoms with Gasteiger partial charge in [0, 0.05) is 36.7 Å². The van der Waals surface area contributed by atoms with Crippen LogP contribution in [0.4, 0.5) is 17.2 Å². The normalized spacial score (nSPS) is 20.7. The van der Waals surface area contributed by atoms with Gasteiger partial charge < -0.3 is 16.4 Å². The highest BCUT2D eigenvalue weighted by Crippen LogP contribution is 2.42. The zero-order valence-electron chi connectivity index (χ0n) is 14.5. The van der Waals surface area contributed by atoms with Crippen LogP contribution in [0.15, 0.2) is 42.7 Å². The van der Waals surface area contributed by atoms with Crippen molar-refractivity contribution in [1.29, 1.82) is 0 Å². The van der Waals surface area contributed by atoms with E-state index in [0.29, 0.717) is 17.8 Å². The van der Waals surface area contributed by atoms with Crippen LogP contribution in [0.1, 0.15) is 37.2 Å². The van der Waals surface area contributed by atoms with Crippen molar-refractivity contribution in [3.63, 3.8) is 0 Å². The van der Waals surface area contributed by atoms with Gasteiger partial charge in [0.25, 0.3) is 0 Å². The maximum Gasteiger partial charge on any atom is 0.177 e. The number of hydrogen-bond donors (Lipinski definition) is 2. The smallest absolute Gasteiger partial charge is 0.177 e. The molecule has 1 saturated carbocycles. The van der Waals surface area contributed by atoms with Crippen molar-refractivity contribution < 1.29 is 0 Å². The lowest BCUT2D eigenvalue weighted by Crippen LogP contribution is -2.27. The molecule has 130 valence electrons. The highest BCUT2D eigenvalue weighted by atomic mass is 15.3. The maximum atomic E-state index is 6.41. The van der Waals surface area contributed by atoms with Crippen LogP contribution in [0.25, 0.3) is 5.65 Å². The van der Waals surface area contributed by atoms with Gasteiger partial charge in [0.15, 0.2) is 5.65 Å². The predicted octanol–water partition coefficient (Wildman–Crippen LogP) is 3.06. The number of fused-ring (bicyclic) bond motifs is 1. The van der Waals surface area contributed by atoms with E-state index in [-0.39, 0.29) is 0 Å². The number of para-hydroxylation sites is 1. The first-order chi connectivity index (χ1) is 12.1. The molecule has 0 bridgehead atoms. The summed E-state index contributed by atoms with van der Waals surface area (Å²) in [5.74, 6) is 0.957. The minimum Gasteiger partial charge on any atom is -0.382 e. The Hall–Kier alpha value is -2.60. The molecule has 0 amide bonds. The monoisotopic (exact) mass is 336 g/mol. The number of hydrogen-bond acceptors (Lipinski definition) is 5. The van der Waals surface area contributed by atoms with E-state index in [4.69, 9.17) is 11.5 Å². The second-order valence-corrected chi connectivity index (χ2v) is 6.85. The summed E-state index contributed by atoms with van der Waals surface area (Å²) in [7, 11) is 2.07. The molecule has 1 fully saturated rings. The van der Waals surface area contributed by atoms with Crippen molar-refractivity contribution in [1.82, 2.24) is 14.6 Å². The molecule has 0 aliphatic heterocycles. The highest BCUT2D eigenvalue weighted by Gasteiger charge is 2.28. The Balaban J connectivity index is 1.88. The van der Waals surface area contributed by atoms with Gasteiger partial charge >= 0.3 is 0 Å². The van der Waals surface area contributed by atoms with Gasteiger partial charge in [-0.05, 0) is 43.7 Å². The minimum absolute atomic E-state index is 0.302. The molecule has 4 N–H and O–H groups in total. The lowest BCUT2D eigenvalue weighted by atomic mass is 9.81. The quantitative estimate of drug-likeness (QED) is 0.768. The molecule has 0 saturated heterocycles. The number of nitrogens with two attached hydrogens (primary N) is 2. The molecular formula is C19H24N6. The van der Waals surface area contributed by atoms with E-state index in [1.54, 1.807) is 10.7 Å². The summed E-state index contributed by atoms with van der Waals surface area (Å²) < 4.78 is 1.77. The van der Waals surface area contributed by atoms with E-state index in [2.05, 4.69) is 34.2 Å². The Labute approximate surface area is 147 Å². The summed E-state index contributed by atoms with van der Waals surface area (Å²) in [6.45, 7) is 0. The van der Waals surface area contributed by atoms with E-state index < -0.39 is 0 Å². The second-order valence-electron chi connectivity index (χ2n) is 6.85. The largest absolute Gasteiger partial charge is 0.382 e. The third kappa shape index (κ3) is 2.82. The fourth-order valence-electron chi connectivity index (χ4n) is 3.88. The molecule has 0 atom stereocenters. The Morgan fingerprint density at radius 1 is 1.12 bits per heavy atom. The van der Waals surface area contributed by atoms with Crippen LogP contribution in [-0.2, 0) is 0 Å². The first-order valence-electron chi connectivity index (χ1n) is 8.82. The summed E-state index contributed by atoms with van der Waals surface area (Å²) in [5, 5.41) is 4.54. The SMILES string of the molecule is CN(c1ccccc1)c1c2nccn2nc(N)c1[C@H]1CC[C@H](N)CC1.